The summed E-state index contributed by atoms with van der Waals surface area (Å²) in [5, 5.41) is 2.57. The van der Waals surface area contributed by atoms with Crippen molar-refractivity contribution in [3.8, 4) is 5.75 Å². The maximum absolute atomic E-state index is 11.9. The van der Waals surface area contributed by atoms with Gasteiger partial charge in [0.15, 0.2) is 6.61 Å². The molecule has 0 atom stereocenters. The van der Waals surface area contributed by atoms with Crippen molar-refractivity contribution in [2.24, 2.45) is 0 Å². The van der Waals surface area contributed by atoms with E-state index in [1.54, 1.807) is 13.8 Å². The molecule has 0 aliphatic carbocycles. The summed E-state index contributed by atoms with van der Waals surface area (Å²) in [4.78, 5) is 11.3. The highest BCUT2D eigenvalue weighted by Gasteiger charge is 2.21. The Morgan fingerprint density at radius 2 is 2.11 bits per heavy atom. The highest BCUT2D eigenvalue weighted by molar-refractivity contribution is 7.89. The predicted octanol–water partition coefficient (Wildman–Crippen LogP) is 0.704. The fourth-order valence-corrected chi connectivity index (χ4v) is 2.88. The van der Waals surface area contributed by atoms with Gasteiger partial charge in [0.05, 0.1) is 10.6 Å². The minimum absolute atomic E-state index is 0.0522. The van der Waals surface area contributed by atoms with Crippen LogP contribution in [0.4, 0.5) is 5.69 Å². The molecule has 0 aromatic heterocycles. The van der Waals surface area contributed by atoms with Gasteiger partial charge in [-0.3, -0.25) is 4.79 Å². The Hall–Kier alpha value is -1.60. The third-order valence-corrected chi connectivity index (χ3v) is 3.94. The first-order valence-corrected chi connectivity index (χ1v) is 6.96. The monoisotopic (exact) mass is 270 g/mol. The van der Waals surface area contributed by atoms with E-state index in [-0.39, 0.29) is 23.5 Å². The smallest absolute Gasteiger partial charge is 0.262 e. The highest BCUT2D eigenvalue weighted by atomic mass is 32.2. The fourth-order valence-electron chi connectivity index (χ4n) is 1.61. The number of carbonyl (C=O) groups excluding carboxylic acids is 1. The molecule has 0 spiro atoms. The molecule has 1 aromatic carbocycles. The Labute approximate surface area is 105 Å². The van der Waals surface area contributed by atoms with Crippen LogP contribution in [0.1, 0.15) is 13.8 Å². The zero-order valence-electron chi connectivity index (χ0n) is 10.1. The molecule has 0 fully saturated rings. The van der Waals surface area contributed by atoms with Gasteiger partial charge in [0.2, 0.25) is 10.0 Å². The predicted molar refractivity (Wildman–Crippen MR) is 66.0 cm³/mol. The lowest BCUT2D eigenvalue weighted by atomic mass is 10.2. The quantitative estimate of drug-likeness (QED) is 0.847. The van der Waals surface area contributed by atoms with Crippen LogP contribution in [0.5, 0.6) is 5.75 Å². The molecule has 18 heavy (non-hydrogen) atoms. The van der Waals surface area contributed by atoms with Crippen molar-refractivity contribution in [2.75, 3.05) is 11.9 Å². The minimum atomic E-state index is -3.57. The Morgan fingerprint density at radius 3 is 2.78 bits per heavy atom. The summed E-state index contributed by atoms with van der Waals surface area (Å²) < 4.78 is 31.5. The van der Waals surface area contributed by atoms with Gasteiger partial charge in [0.1, 0.15) is 5.75 Å². The van der Waals surface area contributed by atoms with Gasteiger partial charge in [-0.2, -0.15) is 0 Å². The molecular weight excluding hydrogens is 256 g/mol. The Bertz CT molecular complexity index is 581. The second kappa shape index (κ2) is 4.58. The molecule has 2 N–H and O–H groups in total. The summed E-state index contributed by atoms with van der Waals surface area (Å²) in [5.41, 5.74) is 0.373. The summed E-state index contributed by atoms with van der Waals surface area (Å²) in [7, 11) is -3.57. The maximum atomic E-state index is 11.9. The van der Waals surface area contributed by atoms with E-state index >= 15 is 0 Å². The zero-order valence-corrected chi connectivity index (χ0v) is 10.9. The number of ether oxygens (including phenoxy) is 1. The number of anilines is 1. The number of fused-ring (bicyclic) bond motifs is 1. The molecule has 0 unspecified atom stereocenters. The van der Waals surface area contributed by atoms with Crippen molar-refractivity contribution >= 4 is 21.6 Å². The number of hydrogen-bond donors (Lipinski definition) is 2. The van der Waals surface area contributed by atoms with Crippen LogP contribution >= 0.6 is 0 Å². The second-order valence-electron chi connectivity index (χ2n) is 4.27. The van der Waals surface area contributed by atoms with E-state index in [4.69, 9.17) is 4.74 Å². The largest absolute Gasteiger partial charge is 0.482 e. The molecule has 7 heteroatoms. The first-order chi connectivity index (χ1) is 8.38. The molecule has 2 rings (SSSR count). The van der Waals surface area contributed by atoms with Crippen molar-refractivity contribution in [1.82, 2.24) is 4.72 Å². The molecule has 0 bridgehead atoms. The number of sulfonamides is 1. The van der Waals surface area contributed by atoms with Gasteiger partial charge in [-0.05, 0) is 32.0 Å². The van der Waals surface area contributed by atoms with Crippen LogP contribution in [0.3, 0.4) is 0 Å². The first kappa shape index (κ1) is 12.8. The average Bonchev–Trinajstić information content (AvgIpc) is 2.26. The highest BCUT2D eigenvalue weighted by Crippen LogP contribution is 2.29. The summed E-state index contributed by atoms with van der Waals surface area (Å²) in [6.45, 7) is 3.42. The molecular formula is C11H14N2O4S. The van der Waals surface area contributed by atoms with E-state index in [1.807, 2.05) is 0 Å². The van der Waals surface area contributed by atoms with Crippen molar-refractivity contribution in [3.05, 3.63) is 18.2 Å². The van der Waals surface area contributed by atoms with Gasteiger partial charge >= 0.3 is 0 Å². The van der Waals surface area contributed by atoms with E-state index < -0.39 is 10.0 Å². The SMILES string of the molecule is CC(C)NS(=O)(=O)c1ccc2c(c1)NC(=O)CO2. The van der Waals surface area contributed by atoms with Crippen molar-refractivity contribution in [2.45, 2.75) is 24.8 Å². The Morgan fingerprint density at radius 1 is 1.39 bits per heavy atom. The second-order valence-corrected chi connectivity index (χ2v) is 5.98. The first-order valence-electron chi connectivity index (χ1n) is 5.47. The molecule has 1 amide bonds. The molecule has 1 aliphatic rings. The van der Waals surface area contributed by atoms with E-state index in [9.17, 15) is 13.2 Å². The number of rotatable bonds is 3. The molecule has 0 saturated carbocycles. The van der Waals surface area contributed by atoms with E-state index in [0.717, 1.165) is 0 Å². The fraction of sp³-hybridized carbons (Fsp3) is 0.364. The lowest BCUT2D eigenvalue weighted by molar-refractivity contribution is -0.118. The standard InChI is InChI=1S/C11H14N2O4S/c1-7(2)13-18(15,16)8-3-4-10-9(5-8)12-11(14)6-17-10/h3-5,7,13H,6H2,1-2H3,(H,12,14). The van der Waals surface area contributed by atoms with Crippen LogP contribution in [-0.2, 0) is 14.8 Å². The molecule has 1 heterocycles. The molecule has 98 valence electrons. The van der Waals surface area contributed by atoms with Crippen LogP contribution in [0.15, 0.2) is 23.1 Å². The van der Waals surface area contributed by atoms with Gasteiger partial charge in [-0.15, -0.1) is 0 Å². The molecule has 6 nitrogen and oxygen atoms in total. The van der Waals surface area contributed by atoms with Gasteiger partial charge in [0, 0.05) is 6.04 Å². The van der Waals surface area contributed by atoms with E-state index in [0.29, 0.717) is 11.4 Å². The maximum Gasteiger partial charge on any atom is 0.262 e. The number of nitrogens with one attached hydrogen (secondary N) is 2. The van der Waals surface area contributed by atoms with Crippen LogP contribution < -0.4 is 14.8 Å². The number of carbonyl (C=O) groups is 1. The third kappa shape index (κ3) is 2.62. The number of amides is 1. The van der Waals surface area contributed by atoms with Crippen molar-refractivity contribution in [3.63, 3.8) is 0 Å². The van der Waals surface area contributed by atoms with Crippen molar-refractivity contribution in [1.29, 1.82) is 0 Å². The molecule has 1 aromatic rings. The van der Waals surface area contributed by atoms with Gasteiger partial charge < -0.3 is 10.1 Å². The van der Waals surface area contributed by atoms with Crippen LogP contribution in [-0.4, -0.2) is 27.0 Å². The summed E-state index contributed by atoms with van der Waals surface area (Å²) >= 11 is 0. The normalized spacial score (nSPS) is 14.9. The Kier molecular flexibility index (Phi) is 3.27. The van der Waals surface area contributed by atoms with Crippen LogP contribution in [0.2, 0.25) is 0 Å². The van der Waals surface area contributed by atoms with E-state index in [2.05, 4.69) is 10.0 Å². The summed E-state index contributed by atoms with van der Waals surface area (Å²) in [5.74, 6) is 0.173. The lowest BCUT2D eigenvalue weighted by Crippen LogP contribution is -2.31. The molecule has 0 saturated heterocycles. The molecule has 1 aliphatic heterocycles. The van der Waals surface area contributed by atoms with Crippen LogP contribution in [0, 0.1) is 0 Å². The number of hydrogen-bond acceptors (Lipinski definition) is 4. The zero-order chi connectivity index (χ0) is 13.3. The number of benzene rings is 1. The van der Waals surface area contributed by atoms with Gasteiger partial charge in [-0.1, -0.05) is 0 Å². The summed E-state index contributed by atoms with van der Waals surface area (Å²) in [6.07, 6.45) is 0. The van der Waals surface area contributed by atoms with Gasteiger partial charge in [0.25, 0.3) is 5.91 Å². The van der Waals surface area contributed by atoms with Crippen molar-refractivity contribution < 1.29 is 17.9 Å². The Balaban J connectivity index is 2.37. The minimum Gasteiger partial charge on any atom is -0.482 e. The molecule has 0 radical (unpaired) electrons. The van der Waals surface area contributed by atoms with Crippen LogP contribution in [0.25, 0.3) is 0 Å². The van der Waals surface area contributed by atoms with Gasteiger partial charge in [-0.25, -0.2) is 13.1 Å². The topological polar surface area (TPSA) is 84.5 Å². The lowest BCUT2D eigenvalue weighted by Gasteiger charge is -2.18. The van der Waals surface area contributed by atoms with E-state index in [1.165, 1.54) is 18.2 Å². The average molecular weight is 270 g/mol. The summed E-state index contributed by atoms with van der Waals surface area (Å²) in [6, 6.07) is 4.17. The third-order valence-electron chi connectivity index (χ3n) is 2.29.